The van der Waals surface area contributed by atoms with Crippen LogP contribution in [0.5, 0.6) is 0 Å². The van der Waals surface area contributed by atoms with Gasteiger partial charge in [0.05, 0.1) is 5.88 Å². The zero-order valence-corrected chi connectivity index (χ0v) is 19.8. The Morgan fingerprint density at radius 1 is 1.23 bits per heavy atom. The molecule has 0 saturated heterocycles. The fourth-order valence-electron chi connectivity index (χ4n) is 8.10. The van der Waals surface area contributed by atoms with Gasteiger partial charge in [0.25, 0.3) is 0 Å². The maximum absolute atomic E-state index is 15.5. The van der Waals surface area contributed by atoms with E-state index in [9.17, 15) is 14.4 Å². The fraction of sp³-hybridized carbons (Fsp3) is 0.800. The fourth-order valence-corrected chi connectivity index (χ4v) is 8.30. The highest BCUT2D eigenvalue weighted by atomic mass is 35.5. The molecule has 172 valence electrons. The molecule has 0 heterocycles. The van der Waals surface area contributed by atoms with E-state index in [2.05, 4.69) is 13.8 Å². The molecule has 31 heavy (non-hydrogen) atoms. The van der Waals surface area contributed by atoms with E-state index in [4.69, 9.17) is 16.3 Å². The van der Waals surface area contributed by atoms with E-state index in [-0.39, 0.29) is 58.9 Å². The summed E-state index contributed by atoms with van der Waals surface area (Å²) in [4.78, 5) is 37.7. The van der Waals surface area contributed by atoms with Crippen LogP contribution in [0.4, 0.5) is 4.39 Å². The third kappa shape index (κ3) is 3.01. The topological polar surface area (TPSA) is 60.4 Å². The first-order valence-electron chi connectivity index (χ1n) is 11.7. The second-order valence-electron chi connectivity index (χ2n) is 10.8. The van der Waals surface area contributed by atoms with E-state index in [1.54, 1.807) is 13.0 Å². The number of rotatable bonds is 4. The molecule has 0 N–H and O–H groups in total. The van der Waals surface area contributed by atoms with E-state index in [0.29, 0.717) is 24.8 Å². The van der Waals surface area contributed by atoms with Gasteiger partial charge in [0.1, 0.15) is 6.17 Å². The van der Waals surface area contributed by atoms with E-state index < -0.39 is 17.2 Å². The molecule has 8 atom stereocenters. The highest BCUT2D eigenvalue weighted by Gasteiger charge is 2.71. The number of ketones is 2. The summed E-state index contributed by atoms with van der Waals surface area (Å²) >= 11 is 6.05. The van der Waals surface area contributed by atoms with Gasteiger partial charge in [-0.15, -0.1) is 11.6 Å². The van der Waals surface area contributed by atoms with Gasteiger partial charge in [-0.25, -0.2) is 4.39 Å². The summed E-state index contributed by atoms with van der Waals surface area (Å²) in [5, 5.41) is 0. The maximum atomic E-state index is 15.5. The lowest BCUT2D eigenvalue weighted by Crippen LogP contribution is -2.61. The number of carbonyl (C=O) groups excluding carboxylic acids is 3. The van der Waals surface area contributed by atoms with Crippen molar-refractivity contribution in [1.82, 2.24) is 0 Å². The highest BCUT2D eigenvalue weighted by Crippen LogP contribution is 2.69. The van der Waals surface area contributed by atoms with Crippen LogP contribution in [-0.2, 0) is 19.1 Å². The lowest BCUT2D eigenvalue weighted by molar-refractivity contribution is -0.194. The second kappa shape index (κ2) is 7.67. The summed E-state index contributed by atoms with van der Waals surface area (Å²) < 4.78 is 21.5. The number of hydrogen-bond donors (Lipinski definition) is 0. The van der Waals surface area contributed by atoms with Gasteiger partial charge in [-0.2, -0.15) is 0 Å². The van der Waals surface area contributed by atoms with Gasteiger partial charge in [-0.3, -0.25) is 14.4 Å². The van der Waals surface area contributed by atoms with E-state index in [1.165, 1.54) is 0 Å². The van der Waals surface area contributed by atoms with Crippen molar-refractivity contribution in [2.24, 2.45) is 34.5 Å². The molecule has 0 aliphatic heterocycles. The van der Waals surface area contributed by atoms with Crippen molar-refractivity contribution in [1.29, 1.82) is 0 Å². The molecule has 0 aromatic rings. The number of carbonyl (C=O) groups is 3. The van der Waals surface area contributed by atoms with Crippen molar-refractivity contribution in [3.8, 4) is 0 Å². The SMILES string of the molecule is CCC(=O)O[C@]1(C(=O)CCl)[C@@H](C)C[C@H]2[C@@H]3C[C@H](F)C4=CC(=O)CC[C@]4(C)[C@H]3CC[C@@]21C. The molecule has 3 saturated carbocycles. The quantitative estimate of drug-likeness (QED) is 0.433. The lowest BCUT2D eigenvalue weighted by atomic mass is 9.46. The van der Waals surface area contributed by atoms with Crippen LogP contribution >= 0.6 is 11.6 Å². The number of esters is 1. The average Bonchev–Trinajstić information content (AvgIpc) is 2.96. The standard InChI is InChI=1S/C25H34ClFO4/c1-5-22(30)31-25(21(29)13-26)14(2)10-18-16-12-20(27)19-11-15(28)6-8-23(19,3)17(16)7-9-24(18,25)4/h11,14,16-18,20H,5-10,12-13H2,1-4H3/t14-,16+,17-,18-,20-,23+,24-,25-/m0/s1. The monoisotopic (exact) mass is 452 g/mol. The van der Waals surface area contributed by atoms with Crippen molar-refractivity contribution >= 4 is 29.1 Å². The molecule has 0 aromatic heterocycles. The van der Waals surface area contributed by atoms with Crippen LogP contribution in [0, 0.1) is 34.5 Å². The number of fused-ring (bicyclic) bond motifs is 5. The van der Waals surface area contributed by atoms with Gasteiger partial charge in [0.15, 0.2) is 17.2 Å². The first-order chi connectivity index (χ1) is 14.5. The zero-order valence-electron chi connectivity index (χ0n) is 19.0. The molecular weight excluding hydrogens is 419 g/mol. The molecule has 0 unspecified atom stereocenters. The summed E-state index contributed by atoms with van der Waals surface area (Å²) in [6.07, 6.45) is 4.45. The third-order valence-corrected chi connectivity index (χ3v) is 9.82. The molecule has 0 aromatic carbocycles. The number of allylic oxidation sites excluding steroid dienone is 1. The van der Waals surface area contributed by atoms with Gasteiger partial charge in [0, 0.05) is 24.2 Å². The lowest BCUT2D eigenvalue weighted by Gasteiger charge is -2.59. The number of Topliss-reactive ketones (excluding diaryl/α,β-unsaturated/α-hetero) is 1. The van der Waals surface area contributed by atoms with Gasteiger partial charge >= 0.3 is 5.97 Å². The second-order valence-corrected chi connectivity index (χ2v) is 11.0. The molecule has 4 aliphatic rings. The van der Waals surface area contributed by atoms with Gasteiger partial charge in [0.2, 0.25) is 0 Å². The van der Waals surface area contributed by atoms with Crippen molar-refractivity contribution < 1.29 is 23.5 Å². The molecule has 0 amide bonds. The summed E-state index contributed by atoms with van der Waals surface area (Å²) in [5.74, 6) is -0.507. The third-order valence-electron chi connectivity index (χ3n) is 9.58. The predicted molar refractivity (Wildman–Crippen MR) is 116 cm³/mol. The van der Waals surface area contributed by atoms with E-state index in [1.807, 2.05) is 6.92 Å². The average molecular weight is 453 g/mol. The van der Waals surface area contributed by atoms with Crippen LogP contribution in [0.1, 0.15) is 72.6 Å². The number of hydrogen-bond acceptors (Lipinski definition) is 4. The van der Waals surface area contributed by atoms with Crippen molar-refractivity contribution in [2.75, 3.05) is 5.88 Å². The van der Waals surface area contributed by atoms with E-state index in [0.717, 1.165) is 19.3 Å². The minimum absolute atomic E-state index is 0.0296. The number of halogens is 2. The first kappa shape index (κ1) is 22.9. The van der Waals surface area contributed by atoms with Crippen LogP contribution < -0.4 is 0 Å². The largest absolute Gasteiger partial charge is 0.450 e. The highest BCUT2D eigenvalue weighted by molar-refractivity contribution is 6.29. The maximum Gasteiger partial charge on any atom is 0.306 e. The molecule has 4 nitrogen and oxygen atoms in total. The Hall–Kier alpha value is -1.23. The number of ether oxygens (including phenoxy) is 1. The molecular formula is C25H34ClFO4. The molecule has 3 fully saturated rings. The molecule has 0 bridgehead atoms. The van der Waals surface area contributed by atoms with Gasteiger partial charge in [-0.1, -0.05) is 27.7 Å². The smallest absolute Gasteiger partial charge is 0.306 e. The van der Waals surface area contributed by atoms with Crippen LogP contribution in [0.25, 0.3) is 0 Å². The van der Waals surface area contributed by atoms with E-state index >= 15 is 4.39 Å². The molecule has 0 radical (unpaired) electrons. The number of alkyl halides is 2. The Labute approximate surface area is 189 Å². The Morgan fingerprint density at radius 3 is 2.58 bits per heavy atom. The molecule has 4 rings (SSSR count). The minimum atomic E-state index is -1.25. The molecule has 0 spiro atoms. The van der Waals surface area contributed by atoms with Gasteiger partial charge < -0.3 is 4.74 Å². The van der Waals surface area contributed by atoms with Crippen molar-refractivity contribution in [3.63, 3.8) is 0 Å². The summed E-state index contributed by atoms with van der Waals surface area (Å²) in [5.41, 5.74) is -1.45. The Bertz CT molecular complexity index is 839. The summed E-state index contributed by atoms with van der Waals surface area (Å²) in [6.45, 7) is 7.90. The van der Waals surface area contributed by atoms with Crippen molar-refractivity contribution in [3.05, 3.63) is 11.6 Å². The van der Waals surface area contributed by atoms with Crippen LogP contribution in [0.15, 0.2) is 11.6 Å². The minimum Gasteiger partial charge on any atom is -0.450 e. The predicted octanol–water partition coefficient (Wildman–Crippen LogP) is 5.21. The molecule has 6 heteroatoms. The molecule has 4 aliphatic carbocycles. The first-order valence-corrected chi connectivity index (χ1v) is 12.3. The van der Waals surface area contributed by atoms with Crippen LogP contribution in [0.3, 0.4) is 0 Å². The summed E-state index contributed by atoms with van der Waals surface area (Å²) in [6, 6.07) is 0. The van der Waals surface area contributed by atoms with Crippen LogP contribution in [0.2, 0.25) is 0 Å². The normalized spacial score (nSPS) is 46.5. The Morgan fingerprint density at radius 2 is 1.94 bits per heavy atom. The zero-order chi connectivity index (χ0) is 22.8. The van der Waals surface area contributed by atoms with Crippen molar-refractivity contribution in [2.45, 2.75) is 84.4 Å². The van der Waals surface area contributed by atoms with Crippen LogP contribution in [-0.4, -0.2) is 35.2 Å². The summed E-state index contributed by atoms with van der Waals surface area (Å²) in [7, 11) is 0. The Balaban J connectivity index is 1.77. The van der Waals surface area contributed by atoms with Gasteiger partial charge in [-0.05, 0) is 66.9 Å². The Kier molecular flexibility index (Phi) is 5.68.